The Labute approximate surface area is 285 Å². The molecule has 0 bridgehead atoms. The van der Waals surface area contributed by atoms with E-state index in [1.807, 2.05) is 22.7 Å². The Morgan fingerprint density at radius 1 is 0.333 bits per heavy atom. The molecule has 2 nitrogen and oxygen atoms in total. The van der Waals surface area contributed by atoms with Gasteiger partial charge in [-0.2, -0.15) is 0 Å². The molecule has 0 saturated carbocycles. The van der Waals surface area contributed by atoms with Crippen molar-refractivity contribution < 1.29 is 0 Å². The molecule has 10 aromatic rings. The maximum Gasteiger partial charge on any atom is 0.160 e. The molecule has 10 rings (SSSR count). The van der Waals surface area contributed by atoms with Gasteiger partial charge < -0.3 is 0 Å². The molecule has 0 N–H and O–H groups in total. The van der Waals surface area contributed by atoms with E-state index in [1.165, 1.54) is 57.0 Å². The predicted octanol–water partition coefficient (Wildman–Crippen LogP) is 13.0. The fourth-order valence-corrected chi connectivity index (χ4v) is 9.17. The second-order valence-electron chi connectivity index (χ2n) is 12.2. The van der Waals surface area contributed by atoms with E-state index in [1.54, 1.807) is 0 Å². The summed E-state index contributed by atoms with van der Waals surface area (Å²) in [4.78, 5) is 10.8. The lowest BCUT2D eigenvalue weighted by atomic mass is 9.97. The molecule has 48 heavy (non-hydrogen) atoms. The highest BCUT2D eigenvalue weighted by Crippen LogP contribution is 2.42. The predicted molar refractivity (Wildman–Crippen MR) is 207 cm³/mol. The summed E-state index contributed by atoms with van der Waals surface area (Å²) >= 11 is 3.67. The molecule has 0 amide bonds. The fourth-order valence-electron chi connectivity index (χ4n) is 6.97. The zero-order valence-corrected chi connectivity index (χ0v) is 27.4. The summed E-state index contributed by atoms with van der Waals surface area (Å²) in [5.41, 5.74) is 8.77. The number of rotatable bonds is 4. The van der Waals surface area contributed by atoms with Gasteiger partial charge in [-0.1, -0.05) is 109 Å². The molecule has 224 valence electrons. The molecule has 7 aromatic carbocycles. The molecule has 0 aliphatic heterocycles. The number of nitrogens with zero attached hydrogens (tertiary/aromatic N) is 2. The number of thiophene rings is 2. The fraction of sp³-hybridized carbons (Fsp3) is 0. The van der Waals surface area contributed by atoms with E-state index >= 15 is 0 Å². The van der Waals surface area contributed by atoms with Crippen LogP contribution in [0.3, 0.4) is 0 Å². The highest BCUT2D eigenvalue weighted by Gasteiger charge is 2.18. The van der Waals surface area contributed by atoms with E-state index in [2.05, 4.69) is 158 Å². The molecule has 4 heteroatoms. The summed E-state index contributed by atoms with van der Waals surface area (Å²) in [6.07, 6.45) is 0. The molecule has 0 fully saturated rings. The van der Waals surface area contributed by atoms with Gasteiger partial charge in [0.2, 0.25) is 0 Å². The summed E-state index contributed by atoms with van der Waals surface area (Å²) in [5.74, 6) is 0.733. The van der Waals surface area contributed by atoms with Crippen molar-refractivity contribution in [3.05, 3.63) is 158 Å². The zero-order chi connectivity index (χ0) is 31.6. The van der Waals surface area contributed by atoms with Crippen molar-refractivity contribution in [2.45, 2.75) is 0 Å². The molecular formula is C44H26N2S2. The van der Waals surface area contributed by atoms with Crippen LogP contribution < -0.4 is 0 Å². The van der Waals surface area contributed by atoms with Gasteiger partial charge in [-0.15, -0.1) is 22.7 Å². The Bertz CT molecular complexity index is 2850. The average Bonchev–Trinajstić information content (AvgIpc) is 3.73. The van der Waals surface area contributed by atoms with Crippen LogP contribution in [0.1, 0.15) is 0 Å². The lowest BCUT2D eigenvalue weighted by molar-refractivity contribution is 1.24. The smallest absolute Gasteiger partial charge is 0.160 e. The van der Waals surface area contributed by atoms with Gasteiger partial charge >= 0.3 is 0 Å². The minimum Gasteiger partial charge on any atom is -0.227 e. The van der Waals surface area contributed by atoms with Crippen LogP contribution in [0.4, 0.5) is 0 Å². The number of aromatic nitrogens is 2. The SMILES string of the molecule is c1ccc(-c2cccc(-c3cccc(-c4nc(-c5ccc6sc7ccccc7c6c5)c5ccc6sc7ccccc7c6c5n4)c3)c2)cc1. The second kappa shape index (κ2) is 11.0. The number of hydrogen-bond acceptors (Lipinski definition) is 4. The first-order valence-electron chi connectivity index (χ1n) is 16.1. The van der Waals surface area contributed by atoms with Gasteiger partial charge in [0.15, 0.2) is 5.82 Å². The van der Waals surface area contributed by atoms with E-state index in [0.29, 0.717) is 0 Å². The van der Waals surface area contributed by atoms with Crippen LogP contribution >= 0.6 is 22.7 Å². The standard InChI is InChI=1S/C44H26N2S2/c1-2-10-27(11-3-1)28-12-8-13-29(24-28)30-14-9-15-32(25-30)44-45-42(31-20-22-39-36(26-31)33-16-4-6-18-37(33)47-39)35-21-23-40-41(43(35)46-44)34-17-5-7-19-38(34)48-40/h1-26H. The molecule has 0 aliphatic rings. The van der Waals surface area contributed by atoms with Gasteiger partial charge in [0.25, 0.3) is 0 Å². The monoisotopic (exact) mass is 646 g/mol. The highest BCUT2D eigenvalue weighted by atomic mass is 32.1. The average molecular weight is 647 g/mol. The summed E-state index contributed by atoms with van der Waals surface area (Å²) in [7, 11) is 0. The van der Waals surface area contributed by atoms with Crippen LogP contribution in [-0.2, 0) is 0 Å². The van der Waals surface area contributed by atoms with Gasteiger partial charge in [-0.05, 0) is 70.8 Å². The summed E-state index contributed by atoms with van der Waals surface area (Å²) < 4.78 is 5.10. The second-order valence-corrected chi connectivity index (χ2v) is 14.3. The van der Waals surface area contributed by atoms with Crippen LogP contribution in [0.5, 0.6) is 0 Å². The Morgan fingerprint density at radius 3 is 1.73 bits per heavy atom. The lowest BCUT2D eigenvalue weighted by Gasteiger charge is -2.12. The van der Waals surface area contributed by atoms with Crippen molar-refractivity contribution in [3.63, 3.8) is 0 Å². The number of fused-ring (bicyclic) bond motifs is 8. The van der Waals surface area contributed by atoms with E-state index < -0.39 is 0 Å². The van der Waals surface area contributed by atoms with Crippen molar-refractivity contribution in [1.29, 1.82) is 0 Å². The molecule has 0 spiro atoms. The Balaban J connectivity index is 1.21. The van der Waals surface area contributed by atoms with E-state index in [4.69, 9.17) is 9.97 Å². The topological polar surface area (TPSA) is 25.8 Å². The molecule has 0 unspecified atom stereocenters. The van der Waals surface area contributed by atoms with Gasteiger partial charge in [0.1, 0.15) is 0 Å². The molecule has 0 saturated heterocycles. The summed E-state index contributed by atoms with van der Waals surface area (Å²) in [5, 5.41) is 6.06. The Hall–Kier alpha value is -5.68. The van der Waals surface area contributed by atoms with Crippen molar-refractivity contribution in [3.8, 4) is 44.9 Å². The minimum absolute atomic E-state index is 0.733. The Kier molecular flexibility index (Phi) is 6.26. The molecule has 0 aliphatic carbocycles. The lowest BCUT2D eigenvalue weighted by Crippen LogP contribution is -1.96. The van der Waals surface area contributed by atoms with Crippen LogP contribution in [0.25, 0.3) is 96.1 Å². The Morgan fingerprint density at radius 2 is 0.917 bits per heavy atom. The van der Waals surface area contributed by atoms with Crippen LogP contribution in [-0.4, -0.2) is 9.97 Å². The van der Waals surface area contributed by atoms with Gasteiger partial charge in [0, 0.05) is 56.9 Å². The van der Waals surface area contributed by atoms with Crippen molar-refractivity contribution in [2.24, 2.45) is 0 Å². The molecule has 0 atom stereocenters. The van der Waals surface area contributed by atoms with Crippen molar-refractivity contribution >= 4 is 73.9 Å². The highest BCUT2D eigenvalue weighted by molar-refractivity contribution is 7.26. The van der Waals surface area contributed by atoms with Crippen LogP contribution in [0.15, 0.2) is 158 Å². The first-order valence-corrected chi connectivity index (χ1v) is 17.7. The van der Waals surface area contributed by atoms with E-state index in [-0.39, 0.29) is 0 Å². The molecule has 3 heterocycles. The largest absolute Gasteiger partial charge is 0.227 e. The molecule has 0 radical (unpaired) electrons. The normalized spacial score (nSPS) is 11.8. The maximum absolute atomic E-state index is 5.38. The third-order valence-electron chi connectivity index (χ3n) is 9.28. The first kappa shape index (κ1) is 27.4. The van der Waals surface area contributed by atoms with Crippen molar-refractivity contribution in [1.82, 2.24) is 9.97 Å². The first-order chi connectivity index (χ1) is 23.8. The third-order valence-corrected chi connectivity index (χ3v) is 11.6. The summed E-state index contributed by atoms with van der Waals surface area (Å²) in [6, 6.07) is 56.6. The third kappa shape index (κ3) is 4.45. The van der Waals surface area contributed by atoms with Gasteiger partial charge in [-0.25, -0.2) is 9.97 Å². The zero-order valence-electron chi connectivity index (χ0n) is 25.7. The quantitative estimate of drug-likeness (QED) is 0.190. The molecule has 3 aromatic heterocycles. The summed E-state index contributed by atoms with van der Waals surface area (Å²) in [6.45, 7) is 0. The molecular weight excluding hydrogens is 621 g/mol. The van der Waals surface area contributed by atoms with Crippen LogP contribution in [0.2, 0.25) is 0 Å². The van der Waals surface area contributed by atoms with E-state index in [0.717, 1.165) is 39.1 Å². The maximum atomic E-state index is 5.38. The van der Waals surface area contributed by atoms with Crippen LogP contribution in [0, 0.1) is 0 Å². The minimum atomic E-state index is 0.733. The van der Waals surface area contributed by atoms with Gasteiger partial charge in [-0.3, -0.25) is 0 Å². The van der Waals surface area contributed by atoms with Crippen molar-refractivity contribution in [2.75, 3.05) is 0 Å². The van der Waals surface area contributed by atoms with E-state index in [9.17, 15) is 0 Å². The van der Waals surface area contributed by atoms with Gasteiger partial charge in [0.05, 0.1) is 11.2 Å². The number of benzene rings is 7. The number of hydrogen-bond donors (Lipinski definition) is 0.